The number of allylic oxidation sites excluding steroid dienone is 1. The number of benzene rings is 3. The average molecular weight is 477 g/mol. The van der Waals surface area contributed by atoms with Crippen molar-refractivity contribution in [1.29, 1.82) is 5.41 Å². The van der Waals surface area contributed by atoms with Crippen molar-refractivity contribution in [3.63, 3.8) is 0 Å². The lowest BCUT2D eigenvalue weighted by atomic mass is 9.74. The summed E-state index contributed by atoms with van der Waals surface area (Å²) in [5.74, 6) is 0. The molecular formula is C32H36N2Si. The minimum Gasteiger partial charge on any atom is -0.323 e. The quantitative estimate of drug-likeness (QED) is 0.224. The first-order valence-corrected chi connectivity index (χ1v) is 15.3. The second-order valence-electron chi connectivity index (χ2n) is 11.2. The van der Waals surface area contributed by atoms with Crippen molar-refractivity contribution in [3.05, 3.63) is 118 Å². The lowest BCUT2D eigenvalue weighted by Crippen LogP contribution is -2.55. The summed E-state index contributed by atoms with van der Waals surface area (Å²) in [6.07, 6.45) is 2.08. The van der Waals surface area contributed by atoms with Gasteiger partial charge in [-0.1, -0.05) is 111 Å². The summed E-state index contributed by atoms with van der Waals surface area (Å²) in [5.41, 5.74) is 11.9. The molecule has 0 radical (unpaired) electrons. The summed E-state index contributed by atoms with van der Waals surface area (Å²) in [7, 11) is -2.46. The van der Waals surface area contributed by atoms with Gasteiger partial charge in [0.1, 0.15) is 0 Å². The van der Waals surface area contributed by atoms with Gasteiger partial charge in [0.25, 0.3) is 0 Å². The van der Waals surface area contributed by atoms with E-state index in [0.717, 1.165) is 28.0 Å². The normalized spacial score (nSPS) is 19.2. The molecule has 1 aliphatic heterocycles. The van der Waals surface area contributed by atoms with Gasteiger partial charge >= 0.3 is 0 Å². The highest BCUT2D eigenvalue weighted by Gasteiger charge is 2.61. The van der Waals surface area contributed by atoms with E-state index in [9.17, 15) is 5.41 Å². The zero-order valence-corrected chi connectivity index (χ0v) is 23.0. The van der Waals surface area contributed by atoms with Crippen molar-refractivity contribution in [2.75, 3.05) is 0 Å². The molecule has 178 valence electrons. The van der Waals surface area contributed by atoms with E-state index in [1.165, 1.54) is 11.1 Å². The maximum absolute atomic E-state index is 9.74. The molecule has 0 aromatic heterocycles. The second-order valence-corrected chi connectivity index (χ2v) is 15.3. The van der Waals surface area contributed by atoms with Crippen LogP contribution in [0.15, 0.2) is 94.8 Å². The summed E-state index contributed by atoms with van der Waals surface area (Å²) < 4.78 is 5.49. The molecule has 1 N–H and O–H groups in total. The highest BCUT2D eigenvalue weighted by molar-refractivity contribution is 6.87. The Morgan fingerprint density at radius 1 is 0.857 bits per heavy atom. The maximum atomic E-state index is 9.74. The zero-order valence-electron chi connectivity index (χ0n) is 22.0. The topological polar surface area (TPSA) is 36.2 Å². The average Bonchev–Trinajstić information content (AvgIpc) is 3.07. The second kappa shape index (κ2) is 9.07. The van der Waals surface area contributed by atoms with Gasteiger partial charge in [0, 0.05) is 16.7 Å². The fourth-order valence-electron chi connectivity index (χ4n) is 5.14. The number of nitrogens with zero attached hydrogens (tertiary/aromatic N) is 1. The first-order chi connectivity index (χ1) is 16.5. The molecule has 0 fully saturated rings. The van der Waals surface area contributed by atoms with Crippen molar-refractivity contribution >= 4 is 25.7 Å². The minimum atomic E-state index is -2.46. The predicted octanol–water partition coefficient (Wildman–Crippen LogP) is 8.09. The van der Waals surface area contributed by atoms with E-state index >= 15 is 0 Å². The Kier molecular flexibility index (Phi) is 6.44. The fourth-order valence-corrected chi connectivity index (χ4v) is 8.74. The molecule has 0 spiro atoms. The van der Waals surface area contributed by atoms with Gasteiger partial charge in [0.2, 0.25) is 0 Å². The Bertz CT molecular complexity index is 1330. The molecular weight excluding hydrogens is 440 g/mol. The molecule has 0 bridgehead atoms. The van der Waals surface area contributed by atoms with Crippen molar-refractivity contribution in [1.82, 2.24) is 0 Å². The van der Waals surface area contributed by atoms with Gasteiger partial charge in [-0.15, -0.1) is 5.73 Å². The summed E-state index contributed by atoms with van der Waals surface area (Å²) in [4.78, 5) is 0. The monoisotopic (exact) mass is 476 g/mol. The van der Waals surface area contributed by atoms with E-state index in [2.05, 4.69) is 120 Å². The minimum absolute atomic E-state index is 0.170. The van der Waals surface area contributed by atoms with Gasteiger partial charge in [0.05, 0.1) is 10.7 Å². The molecule has 0 saturated carbocycles. The van der Waals surface area contributed by atoms with Crippen LogP contribution in [0.4, 0.5) is 0 Å². The van der Waals surface area contributed by atoms with Crippen molar-refractivity contribution in [3.8, 4) is 0 Å². The molecule has 0 saturated heterocycles. The number of rotatable bonds is 4. The number of hydrogen-bond donors (Lipinski definition) is 1. The summed E-state index contributed by atoms with van der Waals surface area (Å²) in [5, 5.41) is 9.10. The SMILES string of the molecule is Cc1ccc(C=C=C2C(C(C)(C)C)=N[Si](C)(C)C2(C(=N)c2ccccc2)c2ccc(C)cc2)cc1. The Morgan fingerprint density at radius 3 is 1.94 bits per heavy atom. The van der Waals surface area contributed by atoms with Crippen molar-refractivity contribution < 1.29 is 0 Å². The van der Waals surface area contributed by atoms with Gasteiger partial charge in [-0.2, -0.15) is 0 Å². The van der Waals surface area contributed by atoms with Crippen LogP contribution in [0.1, 0.15) is 48.6 Å². The first-order valence-electron chi connectivity index (χ1n) is 12.3. The van der Waals surface area contributed by atoms with Gasteiger partial charge in [-0.05, 0) is 49.7 Å². The van der Waals surface area contributed by atoms with E-state index < -0.39 is 13.3 Å². The van der Waals surface area contributed by atoms with Gasteiger partial charge in [-0.25, -0.2) is 0 Å². The smallest absolute Gasteiger partial charge is 0.197 e. The largest absolute Gasteiger partial charge is 0.323 e. The number of hydrogen-bond acceptors (Lipinski definition) is 2. The van der Waals surface area contributed by atoms with Crippen LogP contribution in [0.2, 0.25) is 13.1 Å². The van der Waals surface area contributed by atoms with Gasteiger partial charge < -0.3 is 10.1 Å². The highest BCUT2D eigenvalue weighted by Crippen LogP contribution is 2.51. The molecule has 1 aliphatic rings. The standard InChI is InChI=1S/C32H36N2Si/c1-23-13-17-25(18-14-23)19-22-28-30(31(3,4)5)34-35(6,7)32(28,27-20-15-24(2)16-21-27)29(33)26-11-9-8-10-12-26/h8-21,33H,1-7H3. The predicted molar refractivity (Wildman–Crippen MR) is 153 cm³/mol. The maximum Gasteiger partial charge on any atom is 0.197 e. The molecule has 35 heavy (non-hydrogen) atoms. The third-order valence-corrected chi connectivity index (χ3v) is 10.4. The molecule has 1 atom stereocenters. The third-order valence-electron chi connectivity index (χ3n) is 7.01. The molecule has 3 heteroatoms. The fraction of sp³-hybridized carbons (Fsp3) is 0.281. The van der Waals surface area contributed by atoms with E-state index in [1.54, 1.807) is 0 Å². The van der Waals surface area contributed by atoms with Crippen LogP contribution < -0.4 is 0 Å². The Balaban J connectivity index is 2.10. The molecule has 0 aliphatic carbocycles. The summed E-state index contributed by atoms with van der Waals surface area (Å²) >= 11 is 0. The first kappa shape index (κ1) is 24.8. The number of aryl methyl sites for hydroxylation is 2. The molecule has 3 aromatic rings. The van der Waals surface area contributed by atoms with Gasteiger partial charge in [-0.3, -0.25) is 0 Å². The van der Waals surface area contributed by atoms with E-state index in [0.29, 0.717) is 5.71 Å². The van der Waals surface area contributed by atoms with Crippen LogP contribution in [0.3, 0.4) is 0 Å². The van der Waals surface area contributed by atoms with Crippen LogP contribution in [-0.2, 0) is 5.04 Å². The molecule has 2 nitrogen and oxygen atoms in total. The third kappa shape index (κ3) is 4.43. The van der Waals surface area contributed by atoms with Crippen molar-refractivity contribution in [2.24, 2.45) is 10.1 Å². The van der Waals surface area contributed by atoms with Crippen LogP contribution in [0.5, 0.6) is 0 Å². The van der Waals surface area contributed by atoms with Crippen LogP contribution in [0.25, 0.3) is 6.08 Å². The van der Waals surface area contributed by atoms with E-state index in [4.69, 9.17) is 4.66 Å². The molecule has 1 unspecified atom stereocenters. The van der Waals surface area contributed by atoms with Crippen molar-refractivity contribution in [2.45, 2.75) is 52.8 Å². The lowest BCUT2D eigenvalue weighted by molar-refractivity contribution is 0.591. The van der Waals surface area contributed by atoms with Gasteiger partial charge in [0.15, 0.2) is 8.24 Å². The number of nitrogens with one attached hydrogen (secondary N) is 1. The molecule has 0 amide bonds. The summed E-state index contributed by atoms with van der Waals surface area (Å²) in [6.45, 7) is 15.5. The lowest BCUT2D eigenvalue weighted by Gasteiger charge is -2.40. The molecule has 3 aromatic carbocycles. The van der Waals surface area contributed by atoms with E-state index in [1.807, 2.05) is 18.2 Å². The zero-order chi connectivity index (χ0) is 25.4. The van der Waals surface area contributed by atoms with Crippen LogP contribution in [-0.4, -0.2) is 19.7 Å². The Morgan fingerprint density at radius 2 is 1.40 bits per heavy atom. The molecule has 1 heterocycles. The van der Waals surface area contributed by atoms with Crippen LogP contribution in [0, 0.1) is 24.7 Å². The van der Waals surface area contributed by atoms with Crippen LogP contribution >= 0.6 is 0 Å². The Hall–Kier alpha value is -3.26. The highest BCUT2D eigenvalue weighted by atomic mass is 28.3. The van der Waals surface area contributed by atoms with E-state index in [-0.39, 0.29) is 5.41 Å². The molecule has 4 rings (SSSR count). The summed E-state index contributed by atoms with van der Waals surface area (Å²) in [6, 6.07) is 27.4. The Labute approximate surface area is 211 Å².